The molecule has 0 aliphatic carbocycles. The first kappa shape index (κ1) is 11.2. The number of anilines is 2. The second-order valence-electron chi connectivity index (χ2n) is 3.67. The third kappa shape index (κ3) is 2.28. The molecule has 5 heteroatoms. The van der Waals surface area contributed by atoms with Crippen molar-refractivity contribution < 1.29 is 4.79 Å². The van der Waals surface area contributed by atoms with E-state index in [2.05, 4.69) is 15.5 Å². The third-order valence-corrected chi connectivity index (χ3v) is 2.55. The highest BCUT2D eigenvalue weighted by molar-refractivity contribution is 6.05. The second kappa shape index (κ2) is 4.69. The van der Waals surface area contributed by atoms with Crippen LogP contribution in [-0.4, -0.2) is 16.1 Å². The average molecular weight is 230 g/mol. The number of amides is 1. The van der Waals surface area contributed by atoms with E-state index in [9.17, 15) is 4.79 Å². The van der Waals surface area contributed by atoms with Crippen molar-refractivity contribution in [1.82, 2.24) is 10.2 Å². The summed E-state index contributed by atoms with van der Waals surface area (Å²) in [5.74, 6) is 0.249. The van der Waals surface area contributed by atoms with Crippen molar-refractivity contribution >= 4 is 17.4 Å². The maximum absolute atomic E-state index is 12.0. The molecule has 0 saturated carbocycles. The summed E-state index contributed by atoms with van der Waals surface area (Å²) in [4.78, 5) is 12.0. The van der Waals surface area contributed by atoms with E-state index < -0.39 is 0 Å². The van der Waals surface area contributed by atoms with Gasteiger partial charge in [-0.2, -0.15) is 5.10 Å². The van der Waals surface area contributed by atoms with Crippen molar-refractivity contribution in [3.63, 3.8) is 0 Å². The molecule has 88 valence electrons. The molecule has 1 amide bonds. The summed E-state index contributed by atoms with van der Waals surface area (Å²) in [6, 6.07) is 7.48. The fourth-order valence-electron chi connectivity index (χ4n) is 1.63. The van der Waals surface area contributed by atoms with Gasteiger partial charge in [0, 0.05) is 5.56 Å². The maximum atomic E-state index is 12.0. The Hall–Kier alpha value is -2.30. The van der Waals surface area contributed by atoms with E-state index in [-0.39, 0.29) is 5.91 Å². The zero-order valence-corrected chi connectivity index (χ0v) is 9.53. The van der Waals surface area contributed by atoms with Crippen molar-refractivity contribution in [2.24, 2.45) is 0 Å². The summed E-state index contributed by atoms with van der Waals surface area (Å²) in [5.41, 5.74) is 7.71. The van der Waals surface area contributed by atoms with E-state index >= 15 is 0 Å². The number of H-pyrrole nitrogens is 1. The normalized spacial score (nSPS) is 10.2. The topological polar surface area (TPSA) is 83.8 Å². The molecule has 0 aliphatic rings. The van der Waals surface area contributed by atoms with Gasteiger partial charge in [-0.05, 0) is 18.1 Å². The van der Waals surface area contributed by atoms with Gasteiger partial charge in [0.05, 0.1) is 11.9 Å². The zero-order valence-electron chi connectivity index (χ0n) is 9.53. The van der Waals surface area contributed by atoms with Crippen molar-refractivity contribution in [3.05, 3.63) is 41.6 Å². The highest BCUT2D eigenvalue weighted by Gasteiger charge is 2.11. The molecule has 0 unspecified atom stereocenters. The SMILES string of the molecule is CCc1ccccc1C(=O)Nc1[nH]ncc1N. The van der Waals surface area contributed by atoms with Crippen molar-refractivity contribution in [2.45, 2.75) is 13.3 Å². The fraction of sp³-hybridized carbons (Fsp3) is 0.167. The van der Waals surface area contributed by atoms with E-state index in [4.69, 9.17) is 5.73 Å². The van der Waals surface area contributed by atoms with Crippen LogP contribution in [0.3, 0.4) is 0 Å². The number of nitrogens with zero attached hydrogens (tertiary/aromatic N) is 1. The molecule has 2 aromatic rings. The molecule has 1 aromatic carbocycles. The molecule has 0 radical (unpaired) electrons. The Balaban J connectivity index is 2.23. The first-order valence-electron chi connectivity index (χ1n) is 5.40. The second-order valence-corrected chi connectivity index (χ2v) is 3.67. The van der Waals surface area contributed by atoms with Gasteiger partial charge in [-0.15, -0.1) is 0 Å². The Morgan fingerprint density at radius 2 is 2.24 bits per heavy atom. The molecule has 0 aliphatic heterocycles. The number of aromatic amines is 1. The third-order valence-electron chi connectivity index (χ3n) is 2.55. The van der Waals surface area contributed by atoms with Gasteiger partial charge in [0.15, 0.2) is 5.82 Å². The largest absolute Gasteiger partial charge is 0.394 e. The number of aromatic nitrogens is 2. The van der Waals surface area contributed by atoms with Crippen LogP contribution in [0.2, 0.25) is 0 Å². The maximum Gasteiger partial charge on any atom is 0.257 e. The van der Waals surface area contributed by atoms with Crippen molar-refractivity contribution in [2.75, 3.05) is 11.1 Å². The van der Waals surface area contributed by atoms with Gasteiger partial charge in [0.1, 0.15) is 0 Å². The summed E-state index contributed by atoms with van der Waals surface area (Å²) in [5, 5.41) is 9.08. The molecule has 1 aromatic heterocycles. The van der Waals surface area contributed by atoms with Crippen LogP contribution in [0, 0.1) is 0 Å². The predicted molar refractivity (Wildman–Crippen MR) is 66.8 cm³/mol. The van der Waals surface area contributed by atoms with Crippen LogP contribution in [0.15, 0.2) is 30.5 Å². The van der Waals surface area contributed by atoms with Gasteiger partial charge >= 0.3 is 0 Å². The lowest BCUT2D eigenvalue weighted by molar-refractivity contribution is 0.102. The summed E-state index contributed by atoms with van der Waals surface area (Å²) in [6.07, 6.45) is 2.27. The summed E-state index contributed by atoms with van der Waals surface area (Å²) in [7, 11) is 0. The minimum Gasteiger partial charge on any atom is -0.394 e. The minimum atomic E-state index is -0.182. The van der Waals surface area contributed by atoms with Gasteiger partial charge in [-0.1, -0.05) is 25.1 Å². The summed E-state index contributed by atoms with van der Waals surface area (Å²) in [6.45, 7) is 2.01. The molecule has 0 fully saturated rings. The number of carbonyl (C=O) groups excluding carboxylic acids is 1. The van der Waals surface area contributed by atoms with Crippen LogP contribution in [0.4, 0.5) is 11.5 Å². The molecular formula is C12H14N4O. The number of benzene rings is 1. The number of aryl methyl sites for hydroxylation is 1. The summed E-state index contributed by atoms with van der Waals surface area (Å²) >= 11 is 0. The molecule has 4 N–H and O–H groups in total. The van der Waals surface area contributed by atoms with Gasteiger partial charge < -0.3 is 11.1 Å². The van der Waals surface area contributed by atoms with Crippen LogP contribution >= 0.6 is 0 Å². The molecule has 0 atom stereocenters. The monoisotopic (exact) mass is 230 g/mol. The molecule has 1 heterocycles. The Bertz CT molecular complexity index is 533. The molecule has 0 spiro atoms. The number of rotatable bonds is 3. The minimum absolute atomic E-state index is 0.182. The molecule has 0 saturated heterocycles. The van der Waals surface area contributed by atoms with E-state index in [1.807, 2.05) is 25.1 Å². The van der Waals surface area contributed by atoms with E-state index in [1.165, 1.54) is 6.20 Å². The van der Waals surface area contributed by atoms with E-state index in [1.54, 1.807) is 6.07 Å². The van der Waals surface area contributed by atoms with Crippen LogP contribution in [-0.2, 0) is 6.42 Å². The van der Waals surface area contributed by atoms with Crippen LogP contribution in [0.1, 0.15) is 22.8 Å². The highest BCUT2D eigenvalue weighted by Crippen LogP contribution is 2.16. The van der Waals surface area contributed by atoms with Gasteiger partial charge in [0.2, 0.25) is 0 Å². The number of carbonyl (C=O) groups is 1. The van der Waals surface area contributed by atoms with E-state index in [0.717, 1.165) is 12.0 Å². The average Bonchev–Trinajstić information content (AvgIpc) is 2.75. The first-order valence-corrected chi connectivity index (χ1v) is 5.40. The summed E-state index contributed by atoms with van der Waals surface area (Å²) < 4.78 is 0. The van der Waals surface area contributed by atoms with Gasteiger partial charge in [0.25, 0.3) is 5.91 Å². The zero-order chi connectivity index (χ0) is 12.3. The number of nitrogens with two attached hydrogens (primary N) is 1. The smallest absolute Gasteiger partial charge is 0.257 e. The number of hydrogen-bond acceptors (Lipinski definition) is 3. The fourth-order valence-corrected chi connectivity index (χ4v) is 1.63. The standard InChI is InChI=1S/C12H14N4O/c1-2-8-5-3-4-6-9(8)12(17)15-11-10(13)7-14-16-11/h3-7H,2,13H2,1H3,(H2,14,15,16,17). The Labute approximate surface area is 99.0 Å². The first-order chi connectivity index (χ1) is 8.22. The lowest BCUT2D eigenvalue weighted by Gasteiger charge is -2.07. The molecule has 0 bridgehead atoms. The van der Waals surface area contributed by atoms with Crippen molar-refractivity contribution in [1.29, 1.82) is 0 Å². The van der Waals surface area contributed by atoms with Crippen LogP contribution in [0.25, 0.3) is 0 Å². The number of nitrogens with one attached hydrogen (secondary N) is 2. The predicted octanol–water partition coefficient (Wildman–Crippen LogP) is 1.81. The molecule has 2 rings (SSSR count). The highest BCUT2D eigenvalue weighted by atomic mass is 16.1. The Morgan fingerprint density at radius 3 is 2.88 bits per heavy atom. The molecular weight excluding hydrogens is 216 g/mol. The van der Waals surface area contributed by atoms with Crippen LogP contribution < -0.4 is 11.1 Å². The van der Waals surface area contributed by atoms with Gasteiger partial charge in [-0.3, -0.25) is 9.89 Å². The number of hydrogen-bond donors (Lipinski definition) is 3. The lowest BCUT2D eigenvalue weighted by Crippen LogP contribution is -2.15. The quantitative estimate of drug-likeness (QED) is 0.751. The van der Waals surface area contributed by atoms with E-state index in [0.29, 0.717) is 17.1 Å². The van der Waals surface area contributed by atoms with Crippen LogP contribution in [0.5, 0.6) is 0 Å². The molecule has 5 nitrogen and oxygen atoms in total. The lowest BCUT2D eigenvalue weighted by atomic mass is 10.0. The van der Waals surface area contributed by atoms with Crippen molar-refractivity contribution in [3.8, 4) is 0 Å². The Kier molecular flexibility index (Phi) is 3.09. The molecule has 17 heavy (non-hydrogen) atoms. The Morgan fingerprint density at radius 1 is 1.47 bits per heavy atom. The number of nitrogen functional groups attached to an aromatic ring is 1. The van der Waals surface area contributed by atoms with Gasteiger partial charge in [-0.25, -0.2) is 0 Å².